The third-order valence-electron chi connectivity index (χ3n) is 4.94. The summed E-state index contributed by atoms with van der Waals surface area (Å²) < 4.78 is 10.5. The molecule has 4 nitrogen and oxygen atoms in total. The van der Waals surface area contributed by atoms with E-state index in [1.54, 1.807) is 0 Å². The summed E-state index contributed by atoms with van der Waals surface area (Å²) in [6.45, 7) is 6.04. The highest BCUT2D eigenvalue weighted by molar-refractivity contribution is 5.90. The molecule has 3 atom stereocenters. The molecule has 0 saturated carbocycles. The second-order valence-electron chi connectivity index (χ2n) is 5.43. The van der Waals surface area contributed by atoms with Crippen molar-refractivity contribution < 1.29 is 19.4 Å². The Balaban J connectivity index is 2.52. The van der Waals surface area contributed by atoms with Crippen LogP contribution in [0.15, 0.2) is 23.5 Å². The first-order valence-electron chi connectivity index (χ1n) is 6.16. The summed E-state index contributed by atoms with van der Waals surface area (Å²) in [5.41, 5.74) is 0.729. The molecule has 0 amide bonds. The first-order chi connectivity index (χ1) is 8.41. The Kier molecular flexibility index (Phi) is 3.01. The third kappa shape index (κ3) is 1.38. The predicted octanol–water partition coefficient (Wildman–Crippen LogP) is 1.80. The van der Waals surface area contributed by atoms with Crippen LogP contribution in [-0.2, 0) is 14.3 Å². The molecule has 0 aromatic heterocycles. The largest absolute Gasteiger partial charge is 0.497 e. The molecule has 1 N–H and O–H groups in total. The van der Waals surface area contributed by atoms with Crippen LogP contribution in [0.5, 0.6) is 0 Å². The summed E-state index contributed by atoms with van der Waals surface area (Å²) in [7, 11) is 1.37. The summed E-state index contributed by atoms with van der Waals surface area (Å²) in [5.74, 6) is -0.358. The summed E-state index contributed by atoms with van der Waals surface area (Å²) in [6.07, 6.45) is 4.17. The number of methoxy groups -OCH3 is 1. The zero-order valence-corrected chi connectivity index (χ0v) is 11.3. The second-order valence-corrected chi connectivity index (χ2v) is 5.43. The fraction of sp³-hybridized carbons (Fsp3) is 0.643. The zero-order chi connectivity index (χ0) is 13.6. The van der Waals surface area contributed by atoms with Crippen LogP contribution in [0.3, 0.4) is 0 Å². The van der Waals surface area contributed by atoms with E-state index in [2.05, 4.69) is 0 Å². The van der Waals surface area contributed by atoms with Crippen molar-refractivity contribution in [3.05, 3.63) is 23.5 Å². The van der Waals surface area contributed by atoms with E-state index in [0.29, 0.717) is 12.0 Å². The summed E-state index contributed by atoms with van der Waals surface area (Å²) in [4.78, 5) is 11.9. The van der Waals surface area contributed by atoms with Gasteiger partial charge in [0.2, 0.25) is 0 Å². The lowest BCUT2D eigenvalue weighted by atomic mass is 9.58. The molecule has 0 fully saturated rings. The fourth-order valence-electron chi connectivity index (χ4n) is 3.25. The van der Waals surface area contributed by atoms with Crippen LogP contribution in [-0.4, -0.2) is 30.9 Å². The Morgan fingerprint density at radius 1 is 1.61 bits per heavy atom. The Labute approximate surface area is 107 Å². The Bertz CT molecular complexity index is 437. The number of hydrogen-bond donors (Lipinski definition) is 1. The van der Waals surface area contributed by atoms with Gasteiger partial charge >= 0.3 is 5.97 Å². The Hall–Kier alpha value is -1.29. The average Bonchev–Trinajstić information content (AvgIpc) is 2.63. The van der Waals surface area contributed by atoms with Crippen molar-refractivity contribution in [1.29, 1.82) is 0 Å². The molecule has 0 bridgehead atoms. The second kappa shape index (κ2) is 4.12. The maximum absolute atomic E-state index is 11.9. The van der Waals surface area contributed by atoms with E-state index in [1.165, 1.54) is 13.4 Å². The molecule has 0 spiro atoms. The van der Waals surface area contributed by atoms with Gasteiger partial charge in [-0.25, -0.2) is 4.79 Å². The molecule has 100 valence electrons. The van der Waals surface area contributed by atoms with E-state index >= 15 is 0 Å². The summed E-state index contributed by atoms with van der Waals surface area (Å²) in [6, 6.07) is 0. The molecule has 0 radical (unpaired) electrons. The minimum Gasteiger partial charge on any atom is -0.497 e. The van der Waals surface area contributed by atoms with Crippen LogP contribution in [0, 0.1) is 10.8 Å². The molecular weight excluding hydrogens is 232 g/mol. The lowest BCUT2D eigenvalue weighted by molar-refractivity contribution is -0.141. The number of esters is 1. The van der Waals surface area contributed by atoms with E-state index < -0.39 is 0 Å². The summed E-state index contributed by atoms with van der Waals surface area (Å²) >= 11 is 0. The average molecular weight is 252 g/mol. The number of aliphatic hydroxyl groups is 1. The molecule has 0 aromatic carbocycles. The topological polar surface area (TPSA) is 55.8 Å². The lowest BCUT2D eigenvalue weighted by Gasteiger charge is -2.49. The van der Waals surface area contributed by atoms with Gasteiger partial charge in [0.25, 0.3) is 0 Å². The molecule has 18 heavy (non-hydrogen) atoms. The number of hydrogen-bond acceptors (Lipinski definition) is 4. The highest BCUT2D eigenvalue weighted by atomic mass is 16.5. The smallest absolute Gasteiger partial charge is 0.337 e. The number of allylic oxidation sites excluding steroid dienone is 1. The number of ether oxygens (including phenoxy) is 2. The van der Waals surface area contributed by atoms with Gasteiger partial charge in [0.05, 0.1) is 25.6 Å². The molecule has 2 rings (SSSR count). The van der Waals surface area contributed by atoms with Gasteiger partial charge in [-0.2, -0.15) is 0 Å². The summed E-state index contributed by atoms with van der Waals surface area (Å²) in [5, 5.41) is 9.52. The number of rotatable bonds is 2. The van der Waals surface area contributed by atoms with Gasteiger partial charge in [-0.3, -0.25) is 0 Å². The van der Waals surface area contributed by atoms with Crippen LogP contribution in [0.1, 0.15) is 27.2 Å². The van der Waals surface area contributed by atoms with Crippen molar-refractivity contribution in [3.8, 4) is 0 Å². The normalized spacial score (nSPS) is 38.4. The minimum atomic E-state index is -0.379. The molecular formula is C14H20O4. The van der Waals surface area contributed by atoms with Crippen molar-refractivity contribution in [2.45, 2.75) is 33.3 Å². The van der Waals surface area contributed by atoms with Crippen molar-refractivity contribution in [2.24, 2.45) is 10.8 Å². The maximum Gasteiger partial charge on any atom is 0.337 e. The van der Waals surface area contributed by atoms with Crippen molar-refractivity contribution in [3.63, 3.8) is 0 Å². The molecule has 0 saturated heterocycles. The zero-order valence-electron chi connectivity index (χ0n) is 11.3. The van der Waals surface area contributed by atoms with Crippen LogP contribution in [0.25, 0.3) is 0 Å². The first-order valence-corrected chi connectivity index (χ1v) is 6.16. The van der Waals surface area contributed by atoms with E-state index in [4.69, 9.17) is 9.47 Å². The van der Waals surface area contributed by atoms with Crippen molar-refractivity contribution >= 4 is 5.97 Å². The molecule has 1 aliphatic heterocycles. The Morgan fingerprint density at radius 3 is 2.83 bits per heavy atom. The van der Waals surface area contributed by atoms with Crippen LogP contribution >= 0.6 is 0 Å². The van der Waals surface area contributed by atoms with Gasteiger partial charge in [-0.05, 0) is 18.9 Å². The fourth-order valence-corrected chi connectivity index (χ4v) is 3.25. The highest BCUT2D eigenvalue weighted by Gasteiger charge is 2.59. The molecule has 0 aromatic rings. The molecule has 1 aliphatic carbocycles. The predicted molar refractivity (Wildman–Crippen MR) is 66.6 cm³/mol. The van der Waals surface area contributed by atoms with Crippen LogP contribution in [0.2, 0.25) is 0 Å². The minimum absolute atomic E-state index is 0.00571. The van der Waals surface area contributed by atoms with E-state index in [9.17, 15) is 9.90 Å². The van der Waals surface area contributed by atoms with E-state index in [1.807, 2.05) is 26.8 Å². The highest BCUT2D eigenvalue weighted by Crippen LogP contribution is 2.61. The van der Waals surface area contributed by atoms with Gasteiger partial charge < -0.3 is 14.6 Å². The number of aliphatic hydroxyl groups excluding tert-OH is 1. The number of fused-ring (bicyclic) bond motifs is 1. The quantitative estimate of drug-likeness (QED) is 0.601. The van der Waals surface area contributed by atoms with Gasteiger partial charge in [0, 0.05) is 10.8 Å². The van der Waals surface area contributed by atoms with E-state index in [0.717, 1.165) is 5.57 Å². The third-order valence-corrected chi connectivity index (χ3v) is 4.94. The van der Waals surface area contributed by atoms with Crippen LogP contribution < -0.4 is 0 Å². The van der Waals surface area contributed by atoms with Crippen LogP contribution in [0.4, 0.5) is 0 Å². The molecule has 1 heterocycles. The lowest BCUT2D eigenvalue weighted by Crippen LogP contribution is -2.50. The standard InChI is InChI=1S/C14H20O4/c1-9-14(3)10(7-15)5-6-13(14,2)11(8-18-9)12(16)17-4/h5,8-9,15H,6-7H2,1-4H3. The first kappa shape index (κ1) is 13.1. The molecule has 3 unspecified atom stereocenters. The van der Waals surface area contributed by atoms with Crippen molar-refractivity contribution in [2.75, 3.05) is 13.7 Å². The van der Waals surface area contributed by atoms with E-state index in [-0.39, 0.29) is 29.5 Å². The van der Waals surface area contributed by atoms with Gasteiger partial charge in [0.15, 0.2) is 0 Å². The number of carbonyl (C=O) groups excluding carboxylic acids is 1. The molecule has 2 aliphatic rings. The Morgan fingerprint density at radius 2 is 2.28 bits per heavy atom. The monoisotopic (exact) mass is 252 g/mol. The van der Waals surface area contributed by atoms with Gasteiger partial charge in [0.1, 0.15) is 6.10 Å². The van der Waals surface area contributed by atoms with Gasteiger partial charge in [-0.15, -0.1) is 0 Å². The molecule has 4 heteroatoms. The maximum atomic E-state index is 11.9. The number of carbonyl (C=O) groups is 1. The SMILES string of the molecule is COC(=O)C1=COC(C)C2(C)C(CO)=CCC12C. The van der Waals surface area contributed by atoms with Gasteiger partial charge in [-0.1, -0.05) is 19.9 Å². The van der Waals surface area contributed by atoms with Crippen molar-refractivity contribution in [1.82, 2.24) is 0 Å².